The van der Waals surface area contributed by atoms with Gasteiger partial charge in [-0.2, -0.15) is 5.10 Å². The highest BCUT2D eigenvalue weighted by Crippen LogP contribution is 2.30. The van der Waals surface area contributed by atoms with Crippen LogP contribution >= 0.6 is 11.6 Å². The Kier molecular flexibility index (Phi) is 3.54. The van der Waals surface area contributed by atoms with Crippen LogP contribution in [0.2, 0.25) is 5.02 Å². The van der Waals surface area contributed by atoms with Gasteiger partial charge in [0.15, 0.2) is 6.29 Å². The summed E-state index contributed by atoms with van der Waals surface area (Å²) < 4.78 is 15.5. The highest BCUT2D eigenvalue weighted by molar-refractivity contribution is 6.32. The van der Waals surface area contributed by atoms with E-state index in [-0.39, 0.29) is 10.7 Å². The molecule has 0 bridgehead atoms. The summed E-state index contributed by atoms with van der Waals surface area (Å²) in [5, 5.41) is 4.35. The van der Waals surface area contributed by atoms with E-state index in [9.17, 15) is 9.18 Å². The van der Waals surface area contributed by atoms with E-state index in [1.165, 1.54) is 23.0 Å². The van der Waals surface area contributed by atoms with Crippen molar-refractivity contribution in [3.8, 4) is 16.9 Å². The number of nitrogens with zero attached hydrogens (tertiary/aromatic N) is 2. The lowest BCUT2D eigenvalue weighted by Gasteiger charge is -2.11. The largest absolute Gasteiger partial charge is 0.298 e. The summed E-state index contributed by atoms with van der Waals surface area (Å²) in [7, 11) is 0. The third-order valence-electron chi connectivity index (χ3n) is 3.12. The van der Waals surface area contributed by atoms with Crippen LogP contribution in [-0.4, -0.2) is 16.1 Å². The molecule has 0 amide bonds. The van der Waals surface area contributed by atoms with Gasteiger partial charge in [0.2, 0.25) is 0 Å². The van der Waals surface area contributed by atoms with Crippen molar-refractivity contribution in [1.82, 2.24) is 9.78 Å². The van der Waals surface area contributed by atoms with Crippen LogP contribution in [0.25, 0.3) is 16.9 Å². The maximum atomic E-state index is 14.1. The maximum Gasteiger partial charge on any atom is 0.153 e. The molecule has 3 rings (SSSR count). The SMILES string of the molecule is O=Cc1cnn(-c2c(F)cccc2Cl)c1-c1ccccc1. The number of aromatic nitrogens is 2. The van der Waals surface area contributed by atoms with Gasteiger partial charge in [0, 0.05) is 5.56 Å². The Labute approximate surface area is 125 Å². The molecular formula is C16H10ClFN2O. The predicted molar refractivity (Wildman–Crippen MR) is 79.4 cm³/mol. The summed E-state index contributed by atoms with van der Waals surface area (Å²) in [6, 6.07) is 13.6. The van der Waals surface area contributed by atoms with E-state index in [1.54, 1.807) is 6.07 Å². The van der Waals surface area contributed by atoms with Crippen molar-refractivity contribution in [1.29, 1.82) is 0 Å². The molecule has 104 valence electrons. The Morgan fingerprint density at radius 3 is 2.52 bits per heavy atom. The molecule has 0 aliphatic carbocycles. The standard InChI is InChI=1S/C16H10ClFN2O/c17-13-7-4-8-14(18)16(13)20-15(12(10-21)9-19-20)11-5-2-1-3-6-11/h1-10H. The van der Waals surface area contributed by atoms with Gasteiger partial charge in [0.25, 0.3) is 0 Å². The second kappa shape index (κ2) is 5.50. The van der Waals surface area contributed by atoms with Crippen molar-refractivity contribution in [3.63, 3.8) is 0 Å². The minimum atomic E-state index is -0.500. The van der Waals surface area contributed by atoms with Gasteiger partial charge < -0.3 is 0 Å². The van der Waals surface area contributed by atoms with Gasteiger partial charge in [-0.3, -0.25) is 4.79 Å². The fourth-order valence-electron chi connectivity index (χ4n) is 2.19. The van der Waals surface area contributed by atoms with Crippen molar-refractivity contribution >= 4 is 17.9 Å². The van der Waals surface area contributed by atoms with Gasteiger partial charge in [-0.25, -0.2) is 9.07 Å². The third-order valence-corrected chi connectivity index (χ3v) is 3.43. The van der Waals surface area contributed by atoms with E-state index in [0.29, 0.717) is 17.5 Å². The first-order chi connectivity index (χ1) is 10.2. The number of hydrogen-bond acceptors (Lipinski definition) is 2. The lowest BCUT2D eigenvalue weighted by molar-refractivity contribution is 0.112. The van der Waals surface area contributed by atoms with Gasteiger partial charge in [0.05, 0.1) is 22.5 Å². The fraction of sp³-hybridized carbons (Fsp3) is 0. The van der Waals surface area contributed by atoms with Gasteiger partial charge >= 0.3 is 0 Å². The number of hydrogen-bond donors (Lipinski definition) is 0. The normalized spacial score (nSPS) is 10.6. The van der Waals surface area contributed by atoms with Crippen molar-refractivity contribution in [2.75, 3.05) is 0 Å². The van der Waals surface area contributed by atoms with Gasteiger partial charge in [-0.1, -0.05) is 48.0 Å². The molecular weight excluding hydrogens is 291 g/mol. The van der Waals surface area contributed by atoms with Crippen LogP contribution in [0.3, 0.4) is 0 Å². The molecule has 21 heavy (non-hydrogen) atoms. The molecule has 0 saturated carbocycles. The number of benzene rings is 2. The minimum absolute atomic E-state index is 0.131. The molecule has 5 heteroatoms. The Hall–Kier alpha value is -2.46. The summed E-state index contributed by atoms with van der Waals surface area (Å²) in [6.45, 7) is 0. The highest BCUT2D eigenvalue weighted by atomic mass is 35.5. The lowest BCUT2D eigenvalue weighted by atomic mass is 10.1. The van der Waals surface area contributed by atoms with E-state index in [0.717, 1.165) is 5.56 Å². The molecule has 3 aromatic rings. The zero-order chi connectivity index (χ0) is 14.8. The Morgan fingerprint density at radius 1 is 1.10 bits per heavy atom. The van der Waals surface area contributed by atoms with Gasteiger partial charge in [-0.05, 0) is 12.1 Å². The monoisotopic (exact) mass is 300 g/mol. The number of halogens is 2. The molecule has 0 N–H and O–H groups in total. The molecule has 2 aromatic carbocycles. The molecule has 0 saturated heterocycles. The van der Waals surface area contributed by atoms with E-state index in [4.69, 9.17) is 11.6 Å². The third kappa shape index (κ3) is 2.34. The molecule has 3 nitrogen and oxygen atoms in total. The molecule has 0 aliphatic rings. The zero-order valence-corrected chi connectivity index (χ0v) is 11.6. The topological polar surface area (TPSA) is 34.9 Å². The number of para-hydroxylation sites is 1. The summed E-state index contributed by atoms with van der Waals surface area (Å²) in [5.41, 5.74) is 1.78. The molecule has 0 aliphatic heterocycles. The molecule has 0 radical (unpaired) electrons. The number of aldehydes is 1. The zero-order valence-electron chi connectivity index (χ0n) is 10.8. The Morgan fingerprint density at radius 2 is 1.86 bits per heavy atom. The van der Waals surface area contributed by atoms with E-state index in [2.05, 4.69) is 5.10 Å². The molecule has 1 heterocycles. The van der Waals surface area contributed by atoms with Crippen LogP contribution in [-0.2, 0) is 0 Å². The Balaban J connectivity index is 2.31. The van der Waals surface area contributed by atoms with Crippen LogP contribution in [0, 0.1) is 5.82 Å². The lowest BCUT2D eigenvalue weighted by Crippen LogP contribution is -2.03. The van der Waals surface area contributed by atoms with Crippen LogP contribution in [0.1, 0.15) is 10.4 Å². The quantitative estimate of drug-likeness (QED) is 0.681. The highest BCUT2D eigenvalue weighted by Gasteiger charge is 2.18. The van der Waals surface area contributed by atoms with Crippen LogP contribution in [0.4, 0.5) is 4.39 Å². The van der Waals surface area contributed by atoms with E-state index < -0.39 is 5.82 Å². The first-order valence-electron chi connectivity index (χ1n) is 6.25. The summed E-state index contributed by atoms with van der Waals surface area (Å²) in [5.74, 6) is -0.500. The average molecular weight is 301 g/mol. The average Bonchev–Trinajstić information content (AvgIpc) is 2.91. The van der Waals surface area contributed by atoms with Crippen molar-refractivity contribution in [2.24, 2.45) is 0 Å². The number of carbonyl (C=O) groups is 1. The van der Waals surface area contributed by atoms with Crippen LogP contribution in [0.15, 0.2) is 54.7 Å². The molecule has 0 atom stereocenters. The van der Waals surface area contributed by atoms with Gasteiger partial charge in [0.1, 0.15) is 11.5 Å². The number of rotatable bonds is 3. The second-order valence-electron chi connectivity index (χ2n) is 4.41. The van der Waals surface area contributed by atoms with Crippen LogP contribution < -0.4 is 0 Å². The van der Waals surface area contributed by atoms with Crippen molar-refractivity contribution in [3.05, 3.63) is 71.1 Å². The predicted octanol–water partition coefficient (Wildman–Crippen LogP) is 4.14. The maximum absolute atomic E-state index is 14.1. The van der Waals surface area contributed by atoms with Gasteiger partial charge in [-0.15, -0.1) is 0 Å². The second-order valence-corrected chi connectivity index (χ2v) is 4.82. The minimum Gasteiger partial charge on any atom is -0.298 e. The smallest absolute Gasteiger partial charge is 0.153 e. The molecule has 0 unspecified atom stereocenters. The molecule has 1 aromatic heterocycles. The van der Waals surface area contributed by atoms with E-state index in [1.807, 2.05) is 30.3 Å². The molecule has 0 spiro atoms. The summed E-state index contributed by atoms with van der Waals surface area (Å²) in [6.07, 6.45) is 2.10. The fourth-order valence-corrected chi connectivity index (χ4v) is 2.44. The van der Waals surface area contributed by atoms with E-state index >= 15 is 0 Å². The Bertz CT molecular complexity index is 779. The molecule has 0 fully saturated rings. The first kappa shape index (κ1) is 13.5. The summed E-state index contributed by atoms with van der Waals surface area (Å²) >= 11 is 6.09. The first-order valence-corrected chi connectivity index (χ1v) is 6.63. The summed E-state index contributed by atoms with van der Waals surface area (Å²) in [4.78, 5) is 11.2. The van der Waals surface area contributed by atoms with Crippen LogP contribution in [0.5, 0.6) is 0 Å². The van der Waals surface area contributed by atoms with Crippen molar-refractivity contribution < 1.29 is 9.18 Å². The number of carbonyl (C=O) groups excluding carboxylic acids is 1. The van der Waals surface area contributed by atoms with Crippen molar-refractivity contribution in [2.45, 2.75) is 0 Å².